The monoisotopic (exact) mass is 439 g/mol. The standard InChI is InChI=1S/C22H21N3O3S2/c1-25-19-8-7-17(22(27)28-13-20-23-9-10-30-20)24-18(19)12-15(21(25)26)11-14-3-5-16(29-2)6-4-14/h3-10,15H,11-13H2,1-2H3. The molecule has 1 aromatic carbocycles. The second-order valence-electron chi connectivity index (χ2n) is 7.01. The van der Waals surface area contributed by atoms with Crippen molar-refractivity contribution in [3.8, 4) is 0 Å². The first-order chi connectivity index (χ1) is 14.5. The quantitative estimate of drug-likeness (QED) is 0.427. The number of pyridine rings is 1. The summed E-state index contributed by atoms with van der Waals surface area (Å²) in [7, 11) is 1.76. The van der Waals surface area contributed by atoms with Gasteiger partial charge in [0.15, 0.2) is 0 Å². The van der Waals surface area contributed by atoms with Crippen LogP contribution in [0.2, 0.25) is 0 Å². The van der Waals surface area contributed by atoms with E-state index >= 15 is 0 Å². The molecule has 0 fully saturated rings. The minimum absolute atomic E-state index is 0.0670. The van der Waals surface area contributed by atoms with Crippen LogP contribution in [0.15, 0.2) is 52.9 Å². The fourth-order valence-electron chi connectivity index (χ4n) is 3.51. The third-order valence-corrected chi connectivity index (χ3v) is 6.59. The van der Waals surface area contributed by atoms with Crippen molar-refractivity contribution in [3.63, 3.8) is 0 Å². The molecule has 8 heteroatoms. The Labute approximate surface area is 183 Å². The number of fused-ring (bicyclic) bond motifs is 1. The second-order valence-corrected chi connectivity index (χ2v) is 8.87. The lowest BCUT2D eigenvalue weighted by molar-refractivity contribution is -0.122. The van der Waals surface area contributed by atoms with Crippen LogP contribution < -0.4 is 4.90 Å². The van der Waals surface area contributed by atoms with Crippen molar-refractivity contribution >= 4 is 40.7 Å². The van der Waals surface area contributed by atoms with Crippen molar-refractivity contribution in [1.82, 2.24) is 9.97 Å². The molecule has 0 radical (unpaired) electrons. The van der Waals surface area contributed by atoms with Gasteiger partial charge in [-0.25, -0.2) is 14.8 Å². The zero-order chi connectivity index (χ0) is 21.1. The molecule has 4 rings (SSSR count). The van der Waals surface area contributed by atoms with E-state index in [-0.39, 0.29) is 24.1 Å². The molecule has 3 aromatic rings. The first kappa shape index (κ1) is 20.6. The second kappa shape index (κ2) is 8.97. The summed E-state index contributed by atoms with van der Waals surface area (Å²) in [4.78, 5) is 36.7. The molecule has 2 aromatic heterocycles. The smallest absolute Gasteiger partial charge is 0.357 e. The van der Waals surface area contributed by atoms with Gasteiger partial charge < -0.3 is 9.64 Å². The molecule has 0 saturated carbocycles. The fraction of sp³-hybridized carbons (Fsp3) is 0.273. The highest BCUT2D eigenvalue weighted by atomic mass is 32.2. The van der Waals surface area contributed by atoms with Crippen molar-refractivity contribution in [3.05, 3.63) is 69.9 Å². The van der Waals surface area contributed by atoms with Gasteiger partial charge in [-0.05, 0) is 42.5 Å². The molecule has 30 heavy (non-hydrogen) atoms. The highest BCUT2D eigenvalue weighted by Crippen LogP contribution is 2.31. The van der Waals surface area contributed by atoms with Crippen LogP contribution in [-0.2, 0) is 29.0 Å². The van der Waals surface area contributed by atoms with Crippen LogP contribution >= 0.6 is 23.1 Å². The summed E-state index contributed by atoms with van der Waals surface area (Å²) in [5, 5.41) is 2.57. The maximum atomic E-state index is 12.9. The Morgan fingerprint density at radius 2 is 2.07 bits per heavy atom. The number of amides is 1. The number of thioether (sulfide) groups is 1. The van der Waals surface area contributed by atoms with Gasteiger partial charge in [0.1, 0.15) is 17.3 Å². The van der Waals surface area contributed by atoms with Gasteiger partial charge in [0.05, 0.1) is 11.4 Å². The molecule has 6 nitrogen and oxygen atoms in total. The zero-order valence-electron chi connectivity index (χ0n) is 16.7. The number of ether oxygens (including phenoxy) is 1. The first-order valence-corrected chi connectivity index (χ1v) is 11.6. The summed E-state index contributed by atoms with van der Waals surface area (Å²) in [6.45, 7) is 0.127. The molecule has 1 unspecified atom stereocenters. The normalized spacial score (nSPS) is 15.7. The summed E-state index contributed by atoms with van der Waals surface area (Å²) in [6.07, 6.45) is 4.84. The average Bonchev–Trinajstić information content (AvgIpc) is 3.29. The van der Waals surface area contributed by atoms with E-state index in [1.165, 1.54) is 16.2 Å². The van der Waals surface area contributed by atoms with Gasteiger partial charge >= 0.3 is 5.97 Å². The lowest BCUT2D eigenvalue weighted by Gasteiger charge is -2.31. The highest BCUT2D eigenvalue weighted by Gasteiger charge is 2.32. The van der Waals surface area contributed by atoms with Crippen LogP contribution in [0, 0.1) is 5.92 Å². The van der Waals surface area contributed by atoms with Crippen molar-refractivity contribution in [2.45, 2.75) is 24.3 Å². The molecule has 0 bridgehead atoms. The molecule has 0 aliphatic carbocycles. The number of rotatable bonds is 6. The van der Waals surface area contributed by atoms with Gasteiger partial charge in [0, 0.05) is 35.9 Å². The third-order valence-electron chi connectivity index (χ3n) is 5.09. The number of anilines is 1. The number of hydrogen-bond acceptors (Lipinski definition) is 7. The summed E-state index contributed by atoms with van der Waals surface area (Å²) in [5.74, 6) is -0.634. The van der Waals surface area contributed by atoms with E-state index < -0.39 is 5.97 Å². The molecule has 1 atom stereocenters. The number of nitrogens with zero attached hydrogens (tertiary/aromatic N) is 3. The van der Waals surface area contributed by atoms with E-state index in [4.69, 9.17) is 4.74 Å². The largest absolute Gasteiger partial charge is 0.454 e. The van der Waals surface area contributed by atoms with Gasteiger partial charge in [-0.3, -0.25) is 4.79 Å². The molecule has 1 aliphatic heterocycles. The Balaban J connectivity index is 1.50. The van der Waals surface area contributed by atoms with E-state index in [2.05, 4.69) is 34.2 Å². The van der Waals surface area contributed by atoms with Crippen LogP contribution in [0.4, 0.5) is 5.69 Å². The summed E-state index contributed by atoms with van der Waals surface area (Å²) >= 11 is 3.12. The Morgan fingerprint density at radius 1 is 1.27 bits per heavy atom. The van der Waals surface area contributed by atoms with Crippen molar-refractivity contribution in [1.29, 1.82) is 0 Å². The number of aromatic nitrogens is 2. The minimum Gasteiger partial charge on any atom is -0.454 e. The molecule has 1 aliphatic rings. The molecule has 0 N–H and O–H groups in total. The van der Waals surface area contributed by atoms with E-state index in [9.17, 15) is 9.59 Å². The lowest BCUT2D eigenvalue weighted by atomic mass is 9.89. The van der Waals surface area contributed by atoms with Gasteiger partial charge in [-0.2, -0.15) is 0 Å². The Morgan fingerprint density at radius 3 is 2.77 bits per heavy atom. The molecular formula is C22H21N3O3S2. The van der Waals surface area contributed by atoms with Crippen LogP contribution in [0.25, 0.3) is 0 Å². The van der Waals surface area contributed by atoms with Crippen molar-refractivity contribution < 1.29 is 14.3 Å². The molecule has 154 valence electrons. The van der Waals surface area contributed by atoms with Gasteiger partial charge in [0.25, 0.3) is 0 Å². The van der Waals surface area contributed by atoms with Crippen LogP contribution in [0.1, 0.15) is 26.8 Å². The predicted octanol–water partition coefficient (Wildman–Crippen LogP) is 3.99. The van der Waals surface area contributed by atoms with E-state index in [0.717, 1.165) is 22.0 Å². The fourth-order valence-corrected chi connectivity index (χ4v) is 4.44. The SMILES string of the molecule is CSc1ccc(CC2Cc3nc(C(=O)OCc4nccs4)ccc3N(C)C2=O)cc1. The lowest BCUT2D eigenvalue weighted by Crippen LogP contribution is -2.40. The number of esters is 1. The predicted molar refractivity (Wildman–Crippen MR) is 118 cm³/mol. The third kappa shape index (κ3) is 4.39. The maximum Gasteiger partial charge on any atom is 0.357 e. The van der Waals surface area contributed by atoms with Crippen LogP contribution in [0.3, 0.4) is 0 Å². The zero-order valence-corrected chi connectivity index (χ0v) is 18.3. The van der Waals surface area contributed by atoms with Crippen molar-refractivity contribution in [2.24, 2.45) is 5.92 Å². The Bertz CT molecular complexity index is 1050. The van der Waals surface area contributed by atoms with Gasteiger partial charge in [-0.1, -0.05) is 12.1 Å². The molecule has 0 spiro atoms. The number of benzene rings is 1. The number of carbonyl (C=O) groups excluding carboxylic acids is 2. The minimum atomic E-state index is -0.489. The summed E-state index contributed by atoms with van der Waals surface area (Å²) < 4.78 is 5.32. The maximum absolute atomic E-state index is 12.9. The first-order valence-electron chi connectivity index (χ1n) is 9.51. The Hall–Kier alpha value is -2.71. The average molecular weight is 440 g/mol. The summed E-state index contributed by atoms with van der Waals surface area (Å²) in [5.41, 5.74) is 2.84. The Kier molecular flexibility index (Phi) is 6.15. The van der Waals surface area contributed by atoms with E-state index in [1.807, 2.05) is 11.6 Å². The number of hydrogen-bond donors (Lipinski definition) is 0. The van der Waals surface area contributed by atoms with Crippen molar-refractivity contribution in [2.75, 3.05) is 18.2 Å². The molecule has 0 saturated heterocycles. The number of carbonyl (C=O) groups is 2. The van der Waals surface area contributed by atoms with Gasteiger partial charge in [-0.15, -0.1) is 23.1 Å². The highest BCUT2D eigenvalue weighted by molar-refractivity contribution is 7.98. The van der Waals surface area contributed by atoms with Gasteiger partial charge in [0.2, 0.25) is 5.91 Å². The van der Waals surface area contributed by atoms with E-state index in [1.54, 1.807) is 42.0 Å². The molecule has 3 heterocycles. The topological polar surface area (TPSA) is 72.4 Å². The molecular weight excluding hydrogens is 418 g/mol. The van der Waals surface area contributed by atoms with Crippen LogP contribution in [-0.4, -0.2) is 35.1 Å². The number of thiazole rings is 1. The molecule has 1 amide bonds. The van der Waals surface area contributed by atoms with E-state index in [0.29, 0.717) is 12.8 Å². The van der Waals surface area contributed by atoms with Crippen LogP contribution in [0.5, 0.6) is 0 Å². The summed E-state index contributed by atoms with van der Waals surface area (Å²) in [6, 6.07) is 11.6.